The molecule has 9 heteroatoms. The Hall–Kier alpha value is -1.31. The number of nitrogens with one attached hydrogen (secondary N) is 1. The van der Waals surface area contributed by atoms with E-state index >= 15 is 0 Å². The van der Waals surface area contributed by atoms with Crippen LogP contribution in [0.1, 0.15) is 50.1 Å². The summed E-state index contributed by atoms with van der Waals surface area (Å²) in [6.45, 7) is 2.66. The zero-order valence-electron chi connectivity index (χ0n) is 14.5. The Morgan fingerprint density at radius 1 is 1.42 bits per heavy atom. The summed E-state index contributed by atoms with van der Waals surface area (Å²) in [5.74, 6) is 0.419. The zero-order chi connectivity index (χ0) is 18.5. The minimum Gasteiger partial charge on any atom is -0.355 e. The Morgan fingerprint density at radius 3 is 2.92 bits per heavy atom. The topological polar surface area (TPSA) is 72.7 Å². The number of hydrogen-bond donors (Lipinski definition) is 1. The van der Waals surface area contributed by atoms with Crippen LogP contribution in [0.2, 0.25) is 10.0 Å². The van der Waals surface area contributed by atoms with Crippen LogP contribution in [0.4, 0.5) is 0 Å². The number of aromatic nitrogens is 4. The van der Waals surface area contributed by atoms with Crippen molar-refractivity contribution in [2.75, 3.05) is 12.3 Å². The predicted octanol–water partition coefficient (Wildman–Crippen LogP) is 4.11. The molecule has 0 unspecified atom stereocenters. The molecule has 1 heterocycles. The van der Waals surface area contributed by atoms with Gasteiger partial charge >= 0.3 is 0 Å². The van der Waals surface area contributed by atoms with Crippen LogP contribution < -0.4 is 5.32 Å². The van der Waals surface area contributed by atoms with E-state index in [4.69, 9.17) is 23.2 Å². The Bertz CT molecular complexity index is 765. The summed E-state index contributed by atoms with van der Waals surface area (Å²) in [5, 5.41) is 16.6. The van der Waals surface area contributed by atoms with E-state index in [9.17, 15) is 4.79 Å². The van der Waals surface area contributed by atoms with Crippen molar-refractivity contribution in [2.45, 2.75) is 49.7 Å². The van der Waals surface area contributed by atoms with Crippen LogP contribution in [-0.4, -0.2) is 38.4 Å². The third kappa shape index (κ3) is 5.11. The molecule has 1 fully saturated rings. The number of carbonyl (C=O) groups is 1. The minimum atomic E-state index is -0.0356. The lowest BCUT2D eigenvalue weighted by Crippen LogP contribution is -2.30. The average Bonchev–Trinajstić information content (AvgIpc) is 3.35. The van der Waals surface area contributed by atoms with Gasteiger partial charge in [-0.25, -0.2) is 4.68 Å². The highest BCUT2D eigenvalue weighted by Crippen LogP contribution is 2.36. The number of nitrogens with zero attached hydrogens (tertiary/aromatic N) is 4. The SMILES string of the molecule is CCC[C@@H](CNC(=O)CSc1nnnn1C1CC1)c1ccc(Cl)cc1Cl. The summed E-state index contributed by atoms with van der Waals surface area (Å²) in [5.41, 5.74) is 1.02. The summed E-state index contributed by atoms with van der Waals surface area (Å²) in [6, 6.07) is 5.92. The lowest BCUT2D eigenvalue weighted by Gasteiger charge is -2.19. The highest BCUT2D eigenvalue weighted by Gasteiger charge is 2.28. The Morgan fingerprint density at radius 2 is 2.23 bits per heavy atom. The van der Waals surface area contributed by atoms with E-state index in [1.165, 1.54) is 11.8 Å². The maximum absolute atomic E-state index is 12.3. The highest BCUT2D eigenvalue weighted by molar-refractivity contribution is 7.99. The van der Waals surface area contributed by atoms with Crippen LogP contribution >= 0.6 is 35.0 Å². The van der Waals surface area contributed by atoms with Crippen molar-refractivity contribution in [1.29, 1.82) is 0 Å². The van der Waals surface area contributed by atoms with Crippen LogP contribution in [0, 0.1) is 0 Å². The van der Waals surface area contributed by atoms with Gasteiger partial charge in [-0.05, 0) is 47.4 Å². The number of thioether (sulfide) groups is 1. The van der Waals surface area contributed by atoms with Gasteiger partial charge < -0.3 is 5.32 Å². The molecule has 1 aromatic heterocycles. The molecule has 2 aromatic rings. The fourth-order valence-electron chi connectivity index (χ4n) is 2.80. The van der Waals surface area contributed by atoms with Crippen molar-refractivity contribution in [3.05, 3.63) is 33.8 Å². The van der Waals surface area contributed by atoms with Crippen LogP contribution in [-0.2, 0) is 4.79 Å². The smallest absolute Gasteiger partial charge is 0.230 e. The maximum Gasteiger partial charge on any atom is 0.230 e. The van der Waals surface area contributed by atoms with E-state index in [1.807, 2.05) is 16.8 Å². The number of carbonyl (C=O) groups excluding carboxylic acids is 1. The average molecular weight is 414 g/mol. The van der Waals surface area contributed by atoms with E-state index < -0.39 is 0 Å². The molecule has 1 amide bonds. The van der Waals surface area contributed by atoms with Crippen LogP contribution in [0.3, 0.4) is 0 Å². The second-order valence-electron chi connectivity index (χ2n) is 6.38. The molecule has 0 bridgehead atoms. The summed E-state index contributed by atoms with van der Waals surface area (Å²) in [4.78, 5) is 12.3. The first-order valence-electron chi connectivity index (χ1n) is 8.70. The Kier molecular flexibility index (Phi) is 6.78. The molecular formula is C17H21Cl2N5OS. The molecule has 6 nitrogen and oxygen atoms in total. The van der Waals surface area contributed by atoms with Gasteiger partial charge in [0.05, 0.1) is 11.8 Å². The predicted molar refractivity (Wildman–Crippen MR) is 104 cm³/mol. The second kappa shape index (κ2) is 9.06. The quantitative estimate of drug-likeness (QED) is 0.626. The van der Waals surface area contributed by atoms with E-state index in [1.54, 1.807) is 6.07 Å². The molecule has 0 spiro atoms. The molecule has 26 heavy (non-hydrogen) atoms. The van der Waals surface area contributed by atoms with E-state index in [0.29, 0.717) is 33.5 Å². The Balaban J connectivity index is 1.53. The molecule has 0 radical (unpaired) electrons. The molecule has 1 aliphatic rings. The lowest BCUT2D eigenvalue weighted by molar-refractivity contribution is -0.118. The summed E-state index contributed by atoms with van der Waals surface area (Å²) < 4.78 is 1.81. The number of hydrogen-bond acceptors (Lipinski definition) is 5. The molecule has 1 atom stereocenters. The largest absolute Gasteiger partial charge is 0.355 e. The van der Waals surface area contributed by atoms with E-state index in [2.05, 4.69) is 27.8 Å². The monoisotopic (exact) mass is 413 g/mol. The van der Waals surface area contributed by atoms with Crippen molar-refractivity contribution in [3.8, 4) is 0 Å². The van der Waals surface area contributed by atoms with Crippen LogP contribution in [0.5, 0.6) is 0 Å². The van der Waals surface area contributed by atoms with Crippen molar-refractivity contribution < 1.29 is 4.79 Å². The summed E-state index contributed by atoms with van der Waals surface area (Å²) in [6.07, 6.45) is 4.15. The Labute approximate surface area is 167 Å². The third-order valence-electron chi connectivity index (χ3n) is 4.27. The lowest BCUT2D eigenvalue weighted by atomic mass is 9.94. The molecule has 140 valence electrons. The standard InChI is InChI=1S/C17H21Cl2N5OS/c1-2-3-11(14-7-4-12(18)8-15(14)19)9-20-16(25)10-26-17-21-22-23-24(17)13-5-6-13/h4,7-8,11,13H,2-3,5-6,9-10H2,1H3,(H,20,25)/t11-/m0/s1. The molecule has 1 N–H and O–H groups in total. The second-order valence-corrected chi connectivity index (χ2v) is 8.17. The molecule has 0 aliphatic heterocycles. The van der Waals surface area contributed by atoms with Gasteiger partial charge in [-0.15, -0.1) is 5.10 Å². The van der Waals surface area contributed by atoms with E-state index in [-0.39, 0.29) is 11.8 Å². The van der Waals surface area contributed by atoms with Gasteiger partial charge in [0, 0.05) is 22.5 Å². The van der Waals surface area contributed by atoms with Crippen LogP contribution in [0.25, 0.3) is 0 Å². The van der Waals surface area contributed by atoms with Crippen molar-refractivity contribution in [3.63, 3.8) is 0 Å². The van der Waals surface area contributed by atoms with Gasteiger partial charge in [0.15, 0.2) is 0 Å². The van der Waals surface area contributed by atoms with E-state index in [0.717, 1.165) is 31.2 Å². The first-order chi connectivity index (χ1) is 12.6. The molecule has 1 aliphatic carbocycles. The highest BCUT2D eigenvalue weighted by atomic mass is 35.5. The molecule has 3 rings (SSSR count). The first kappa shape index (κ1) is 19.5. The van der Waals surface area contributed by atoms with Gasteiger partial charge in [0.25, 0.3) is 0 Å². The molecule has 0 saturated heterocycles. The van der Waals surface area contributed by atoms with Gasteiger partial charge in [-0.3, -0.25) is 4.79 Å². The molecular weight excluding hydrogens is 393 g/mol. The van der Waals surface area contributed by atoms with Gasteiger partial charge in [-0.2, -0.15) is 0 Å². The fraction of sp³-hybridized carbons (Fsp3) is 0.529. The van der Waals surface area contributed by atoms with Crippen molar-refractivity contribution in [1.82, 2.24) is 25.5 Å². The molecule has 1 aromatic carbocycles. The zero-order valence-corrected chi connectivity index (χ0v) is 16.8. The van der Waals surface area contributed by atoms with Crippen LogP contribution in [0.15, 0.2) is 23.4 Å². The number of benzene rings is 1. The normalized spacial score (nSPS) is 15.0. The number of tetrazole rings is 1. The van der Waals surface area contributed by atoms with Gasteiger partial charge in [-0.1, -0.05) is 54.4 Å². The number of amides is 1. The number of rotatable bonds is 9. The first-order valence-corrected chi connectivity index (χ1v) is 10.4. The van der Waals surface area contributed by atoms with Gasteiger partial charge in [0.2, 0.25) is 11.1 Å². The maximum atomic E-state index is 12.3. The number of halogens is 2. The fourth-order valence-corrected chi connectivity index (χ4v) is 4.13. The minimum absolute atomic E-state index is 0.0356. The van der Waals surface area contributed by atoms with Gasteiger partial charge in [0.1, 0.15) is 0 Å². The summed E-state index contributed by atoms with van der Waals surface area (Å²) >= 11 is 13.7. The van der Waals surface area contributed by atoms with Crippen molar-refractivity contribution >= 4 is 40.9 Å². The van der Waals surface area contributed by atoms with Crippen molar-refractivity contribution in [2.24, 2.45) is 0 Å². The third-order valence-corrected chi connectivity index (χ3v) is 5.77. The summed E-state index contributed by atoms with van der Waals surface area (Å²) in [7, 11) is 0. The molecule has 1 saturated carbocycles.